The van der Waals surface area contributed by atoms with Crippen LogP contribution in [-0.4, -0.2) is 16.6 Å². The second kappa shape index (κ2) is 7.36. The van der Waals surface area contributed by atoms with Crippen molar-refractivity contribution >= 4 is 24.8 Å². The number of aromatic nitrogens is 1. The molecule has 0 aliphatic rings. The van der Waals surface area contributed by atoms with Gasteiger partial charge in [-0.25, -0.2) is 4.98 Å². The van der Waals surface area contributed by atoms with Gasteiger partial charge in [0.1, 0.15) is 11.5 Å². The molecular formula is C6H12Cl2N2O2. The summed E-state index contributed by atoms with van der Waals surface area (Å²) in [6, 6.07) is 0. The molecule has 4 nitrogen and oxygen atoms in total. The molecule has 0 spiro atoms. The summed E-state index contributed by atoms with van der Waals surface area (Å²) in [5.74, 6) is 0.685. The van der Waals surface area contributed by atoms with Gasteiger partial charge in [-0.15, -0.1) is 24.8 Å². The van der Waals surface area contributed by atoms with E-state index in [1.165, 1.54) is 6.39 Å². The van der Waals surface area contributed by atoms with E-state index in [9.17, 15) is 0 Å². The largest absolute Gasteiger partial charge is 0.448 e. The van der Waals surface area contributed by atoms with E-state index in [2.05, 4.69) is 4.98 Å². The molecule has 0 amide bonds. The molecule has 0 atom stereocenters. The zero-order valence-corrected chi connectivity index (χ0v) is 8.03. The van der Waals surface area contributed by atoms with Gasteiger partial charge >= 0.3 is 0 Å². The van der Waals surface area contributed by atoms with Crippen LogP contribution in [0.25, 0.3) is 0 Å². The zero-order chi connectivity index (χ0) is 7.40. The van der Waals surface area contributed by atoms with Crippen molar-refractivity contribution in [3.05, 3.63) is 17.8 Å². The Balaban J connectivity index is 0. The second-order valence-electron chi connectivity index (χ2n) is 1.92. The molecule has 1 heterocycles. The number of hydrogen-bond donors (Lipinski definition) is 2. The smallest absolute Gasteiger partial charge is 0.181 e. The van der Waals surface area contributed by atoms with Crippen LogP contribution in [0.1, 0.15) is 11.5 Å². The molecule has 0 aliphatic heterocycles. The van der Waals surface area contributed by atoms with Gasteiger partial charge < -0.3 is 15.3 Å². The molecule has 0 bridgehead atoms. The summed E-state index contributed by atoms with van der Waals surface area (Å²) in [5.41, 5.74) is 5.86. The first kappa shape index (κ1) is 14.2. The van der Waals surface area contributed by atoms with Gasteiger partial charge in [0, 0.05) is 6.42 Å². The van der Waals surface area contributed by atoms with Crippen molar-refractivity contribution in [1.82, 2.24) is 4.98 Å². The van der Waals surface area contributed by atoms with E-state index < -0.39 is 0 Å². The first-order chi connectivity index (χ1) is 4.88. The molecule has 0 aliphatic carbocycles. The van der Waals surface area contributed by atoms with Crippen molar-refractivity contribution in [1.29, 1.82) is 0 Å². The highest BCUT2D eigenvalue weighted by molar-refractivity contribution is 5.85. The van der Waals surface area contributed by atoms with Crippen molar-refractivity contribution in [2.24, 2.45) is 5.73 Å². The third kappa shape index (κ3) is 3.40. The number of nitrogens with zero attached hydrogens (tertiary/aromatic N) is 1. The molecule has 0 fully saturated rings. The summed E-state index contributed by atoms with van der Waals surface area (Å²) in [6.07, 6.45) is 1.95. The van der Waals surface area contributed by atoms with E-state index >= 15 is 0 Å². The summed E-state index contributed by atoms with van der Waals surface area (Å²) in [6.45, 7) is 0.439. The molecule has 0 saturated heterocycles. The molecule has 0 unspecified atom stereocenters. The Kier molecular flexibility index (Phi) is 8.74. The van der Waals surface area contributed by atoms with Crippen LogP contribution in [0.4, 0.5) is 0 Å². The van der Waals surface area contributed by atoms with Crippen LogP contribution < -0.4 is 5.73 Å². The predicted molar refractivity (Wildman–Crippen MR) is 49.7 cm³/mol. The van der Waals surface area contributed by atoms with Gasteiger partial charge in [0.2, 0.25) is 0 Å². The average molecular weight is 215 g/mol. The molecule has 12 heavy (non-hydrogen) atoms. The van der Waals surface area contributed by atoms with E-state index in [1.807, 2.05) is 0 Å². The molecule has 6 heteroatoms. The molecule has 1 aromatic rings. The van der Waals surface area contributed by atoms with Gasteiger partial charge in [0.15, 0.2) is 6.39 Å². The lowest BCUT2D eigenvalue weighted by atomic mass is 10.3. The van der Waals surface area contributed by atoms with Crippen LogP contribution in [0.2, 0.25) is 0 Å². The minimum atomic E-state index is -0.0775. The lowest BCUT2D eigenvalue weighted by Crippen LogP contribution is -2.03. The Hall–Kier alpha value is -0.290. The summed E-state index contributed by atoms with van der Waals surface area (Å²) < 4.78 is 4.94. The molecule has 0 aromatic carbocycles. The molecular weight excluding hydrogens is 203 g/mol. The first-order valence-electron chi connectivity index (χ1n) is 3.10. The van der Waals surface area contributed by atoms with Gasteiger partial charge in [-0.1, -0.05) is 0 Å². The third-order valence-electron chi connectivity index (χ3n) is 1.25. The van der Waals surface area contributed by atoms with E-state index in [0.717, 1.165) is 0 Å². The number of halogens is 2. The lowest BCUT2D eigenvalue weighted by Gasteiger charge is -1.92. The number of rotatable bonds is 3. The molecule has 0 radical (unpaired) electrons. The van der Waals surface area contributed by atoms with Crippen LogP contribution in [0.3, 0.4) is 0 Å². The van der Waals surface area contributed by atoms with Crippen molar-refractivity contribution in [3.63, 3.8) is 0 Å². The predicted octanol–water partition coefficient (Wildman–Crippen LogP) is 0.512. The van der Waals surface area contributed by atoms with Crippen LogP contribution in [0.15, 0.2) is 10.8 Å². The van der Waals surface area contributed by atoms with Gasteiger partial charge in [-0.2, -0.15) is 0 Å². The van der Waals surface area contributed by atoms with Gasteiger partial charge in [0.05, 0.1) is 6.61 Å². The first-order valence-corrected chi connectivity index (χ1v) is 3.10. The fraction of sp³-hybridized carbons (Fsp3) is 0.500. The Morgan fingerprint density at radius 1 is 1.50 bits per heavy atom. The molecule has 1 rings (SSSR count). The van der Waals surface area contributed by atoms with Gasteiger partial charge in [-0.3, -0.25) is 0 Å². The van der Waals surface area contributed by atoms with Crippen LogP contribution in [-0.2, 0) is 13.0 Å². The van der Waals surface area contributed by atoms with Crippen molar-refractivity contribution in [2.45, 2.75) is 13.0 Å². The SMILES string of the molecule is Cl.Cl.NCCc1ocnc1CO. The highest BCUT2D eigenvalue weighted by atomic mass is 35.5. The summed E-state index contributed by atoms with van der Waals surface area (Å²) >= 11 is 0. The Labute approximate surface area is 83.0 Å². The Bertz CT molecular complexity index is 205. The molecule has 0 saturated carbocycles. The van der Waals surface area contributed by atoms with Crippen molar-refractivity contribution in [2.75, 3.05) is 6.54 Å². The summed E-state index contributed by atoms with van der Waals surface area (Å²) in [7, 11) is 0. The minimum Gasteiger partial charge on any atom is -0.448 e. The normalized spacial score (nSPS) is 8.50. The monoisotopic (exact) mass is 214 g/mol. The highest BCUT2D eigenvalue weighted by Gasteiger charge is 2.04. The molecule has 72 valence electrons. The number of hydrogen-bond acceptors (Lipinski definition) is 4. The van der Waals surface area contributed by atoms with Crippen molar-refractivity contribution in [3.8, 4) is 0 Å². The Morgan fingerprint density at radius 3 is 2.67 bits per heavy atom. The second-order valence-corrected chi connectivity index (χ2v) is 1.92. The van der Waals surface area contributed by atoms with E-state index in [1.54, 1.807) is 0 Å². The lowest BCUT2D eigenvalue weighted by molar-refractivity contribution is 0.274. The maximum absolute atomic E-state index is 8.67. The van der Waals surface area contributed by atoms with E-state index in [4.69, 9.17) is 15.3 Å². The number of aliphatic hydroxyl groups is 1. The quantitative estimate of drug-likeness (QED) is 0.770. The minimum absolute atomic E-state index is 0. The zero-order valence-electron chi connectivity index (χ0n) is 6.40. The van der Waals surface area contributed by atoms with Crippen LogP contribution in [0.5, 0.6) is 0 Å². The maximum Gasteiger partial charge on any atom is 0.181 e. The standard InChI is InChI=1S/C6H10N2O2.2ClH/c7-2-1-6-5(3-9)8-4-10-6;;/h4,9H,1-3,7H2;2*1H. The summed E-state index contributed by atoms with van der Waals surface area (Å²) in [5, 5.41) is 8.67. The average Bonchev–Trinajstić information content (AvgIpc) is 2.36. The molecule has 1 aromatic heterocycles. The van der Waals surface area contributed by atoms with E-state index in [-0.39, 0.29) is 31.4 Å². The fourth-order valence-corrected chi connectivity index (χ4v) is 0.757. The van der Waals surface area contributed by atoms with Crippen LogP contribution >= 0.6 is 24.8 Å². The Morgan fingerprint density at radius 2 is 2.17 bits per heavy atom. The number of nitrogens with two attached hydrogens (primary N) is 1. The van der Waals surface area contributed by atoms with Crippen LogP contribution in [0, 0.1) is 0 Å². The van der Waals surface area contributed by atoms with Crippen molar-refractivity contribution < 1.29 is 9.52 Å². The van der Waals surface area contributed by atoms with Gasteiger partial charge in [0.25, 0.3) is 0 Å². The van der Waals surface area contributed by atoms with E-state index in [0.29, 0.717) is 24.4 Å². The topological polar surface area (TPSA) is 72.3 Å². The summed E-state index contributed by atoms with van der Waals surface area (Å²) in [4.78, 5) is 3.78. The third-order valence-corrected chi connectivity index (χ3v) is 1.25. The molecule has 3 N–H and O–H groups in total. The van der Waals surface area contributed by atoms with Gasteiger partial charge in [-0.05, 0) is 6.54 Å². The maximum atomic E-state index is 8.67. The number of aliphatic hydroxyl groups excluding tert-OH is 1. The fourth-order valence-electron chi connectivity index (χ4n) is 0.757. The number of oxazole rings is 1. The highest BCUT2D eigenvalue weighted by Crippen LogP contribution is 2.05.